The van der Waals surface area contributed by atoms with Crippen molar-refractivity contribution >= 4 is 5.97 Å². The van der Waals surface area contributed by atoms with Crippen LogP contribution in [0.1, 0.15) is 43.0 Å². The Morgan fingerprint density at radius 2 is 1.86 bits per heavy atom. The molecule has 0 bridgehead atoms. The largest absolute Gasteiger partial charge is 0.494 e. The Kier molecular flexibility index (Phi) is 5.95. The number of aromatic carboxylic acids is 1. The molecule has 0 unspecified atom stereocenters. The van der Waals surface area contributed by atoms with Gasteiger partial charge < -0.3 is 9.84 Å². The smallest absolute Gasteiger partial charge is 0.337 e. The maximum atomic E-state index is 10.8. The lowest BCUT2D eigenvalue weighted by molar-refractivity contribution is 0.0696. The number of carbonyl (C=O) groups is 1. The highest BCUT2D eigenvalue weighted by Gasteiger charge is 2.04. The Morgan fingerprint density at radius 1 is 1.09 bits per heavy atom. The van der Waals surface area contributed by atoms with E-state index in [0.717, 1.165) is 30.0 Å². The molecule has 0 atom stereocenters. The molecule has 0 saturated heterocycles. The van der Waals surface area contributed by atoms with Crippen molar-refractivity contribution in [3.63, 3.8) is 0 Å². The van der Waals surface area contributed by atoms with E-state index in [0.29, 0.717) is 0 Å². The van der Waals surface area contributed by atoms with E-state index in [4.69, 9.17) is 9.84 Å². The van der Waals surface area contributed by atoms with E-state index >= 15 is 0 Å². The van der Waals surface area contributed by atoms with E-state index in [1.165, 1.54) is 25.5 Å². The van der Waals surface area contributed by atoms with Crippen molar-refractivity contribution in [2.75, 3.05) is 6.61 Å². The van der Waals surface area contributed by atoms with Crippen LogP contribution in [0.4, 0.5) is 0 Å². The van der Waals surface area contributed by atoms with Crippen LogP contribution >= 0.6 is 0 Å². The van der Waals surface area contributed by atoms with E-state index in [-0.39, 0.29) is 5.56 Å². The highest BCUT2D eigenvalue weighted by molar-refractivity contribution is 5.87. The highest BCUT2D eigenvalue weighted by atomic mass is 16.5. The number of carboxylic acids is 1. The maximum Gasteiger partial charge on any atom is 0.337 e. The number of nitrogens with zero attached hydrogens (tertiary/aromatic N) is 1. The molecule has 0 aliphatic carbocycles. The van der Waals surface area contributed by atoms with Gasteiger partial charge in [0.25, 0.3) is 0 Å². The summed E-state index contributed by atoms with van der Waals surface area (Å²) in [6, 6.07) is 11.0. The van der Waals surface area contributed by atoms with Crippen LogP contribution in [0.25, 0.3) is 11.3 Å². The van der Waals surface area contributed by atoms with Gasteiger partial charge in [-0.3, -0.25) is 4.98 Å². The number of pyridine rings is 1. The fourth-order valence-electron chi connectivity index (χ4n) is 2.13. The van der Waals surface area contributed by atoms with Crippen LogP contribution in [-0.4, -0.2) is 22.7 Å². The van der Waals surface area contributed by atoms with Crippen LogP contribution < -0.4 is 4.74 Å². The fraction of sp³-hybridized carbons (Fsp3) is 0.333. The standard InChI is InChI=1S/C18H21NO3/c1-2-3-4-5-12-22-16-9-6-14(7-10-16)17-11-8-15(13-19-17)18(20)21/h6-11,13H,2-5,12H2,1H3,(H,20,21). The van der Waals surface area contributed by atoms with Gasteiger partial charge in [0.05, 0.1) is 17.9 Å². The Bertz CT molecular complexity index is 591. The van der Waals surface area contributed by atoms with Gasteiger partial charge in [-0.2, -0.15) is 0 Å². The van der Waals surface area contributed by atoms with Gasteiger partial charge in [-0.05, 0) is 42.8 Å². The van der Waals surface area contributed by atoms with Crippen molar-refractivity contribution in [1.29, 1.82) is 0 Å². The third-order valence-electron chi connectivity index (χ3n) is 3.43. The van der Waals surface area contributed by atoms with E-state index < -0.39 is 5.97 Å². The Morgan fingerprint density at radius 3 is 2.45 bits per heavy atom. The fourth-order valence-corrected chi connectivity index (χ4v) is 2.13. The minimum absolute atomic E-state index is 0.191. The predicted octanol–water partition coefficient (Wildman–Crippen LogP) is 4.41. The monoisotopic (exact) mass is 299 g/mol. The molecule has 1 N–H and O–H groups in total. The van der Waals surface area contributed by atoms with Gasteiger partial charge in [0, 0.05) is 11.8 Å². The van der Waals surface area contributed by atoms with Gasteiger partial charge in [-0.25, -0.2) is 4.79 Å². The minimum Gasteiger partial charge on any atom is -0.494 e. The zero-order valence-electron chi connectivity index (χ0n) is 12.8. The molecule has 4 nitrogen and oxygen atoms in total. The first-order valence-electron chi connectivity index (χ1n) is 7.63. The summed E-state index contributed by atoms with van der Waals surface area (Å²) < 4.78 is 5.70. The minimum atomic E-state index is -0.967. The molecule has 0 radical (unpaired) electrons. The molecule has 0 amide bonds. The van der Waals surface area contributed by atoms with Crippen LogP contribution in [0.5, 0.6) is 5.75 Å². The van der Waals surface area contributed by atoms with Crippen LogP contribution in [0, 0.1) is 0 Å². The second kappa shape index (κ2) is 8.17. The Hall–Kier alpha value is -2.36. The highest BCUT2D eigenvalue weighted by Crippen LogP contribution is 2.21. The van der Waals surface area contributed by atoms with Gasteiger partial charge in [0.2, 0.25) is 0 Å². The zero-order chi connectivity index (χ0) is 15.8. The summed E-state index contributed by atoms with van der Waals surface area (Å²) >= 11 is 0. The number of carboxylic acid groups (broad SMARTS) is 1. The van der Waals surface area contributed by atoms with Crippen molar-refractivity contribution in [1.82, 2.24) is 4.98 Å². The molecule has 4 heteroatoms. The van der Waals surface area contributed by atoms with E-state index in [1.807, 2.05) is 24.3 Å². The van der Waals surface area contributed by atoms with Gasteiger partial charge >= 0.3 is 5.97 Å². The topological polar surface area (TPSA) is 59.4 Å². The van der Waals surface area contributed by atoms with E-state index in [2.05, 4.69) is 11.9 Å². The average Bonchev–Trinajstić information content (AvgIpc) is 2.55. The van der Waals surface area contributed by atoms with Gasteiger partial charge in [0.15, 0.2) is 0 Å². The van der Waals surface area contributed by atoms with Gasteiger partial charge in [-0.15, -0.1) is 0 Å². The lowest BCUT2D eigenvalue weighted by Gasteiger charge is -2.07. The molecule has 0 aliphatic heterocycles. The second-order valence-corrected chi connectivity index (χ2v) is 5.17. The molecule has 2 aromatic rings. The third kappa shape index (κ3) is 4.58. The van der Waals surface area contributed by atoms with Crippen molar-refractivity contribution in [3.8, 4) is 17.0 Å². The van der Waals surface area contributed by atoms with E-state index in [9.17, 15) is 4.79 Å². The van der Waals surface area contributed by atoms with E-state index in [1.54, 1.807) is 12.1 Å². The molecular formula is C18H21NO3. The number of benzene rings is 1. The molecule has 0 spiro atoms. The molecule has 1 aromatic heterocycles. The molecule has 116 valence electrons. The summed E-state index contributed by atoms with van der Waals surface area (Å²) in [4.78, 5) is 15.0. The molecule has 0 fully saturated rings. The SMILES string of the molecule is CCCCCCOc1ccc(-c2ccc(C(=O)O)cn2)cc1. The summed E-state index contributed by atoms with van der Waals surface area (Å²) in [5.74, 6) is -0.117. The van der Waals surface area contributed by atoms with Crippen LogP contribution in [0.3, 0.4) is 0 Å². The molecule has 0 saturated carbocycles. The molecule has 1 aromatic carbocycles. The van der Waals surface area contributed by atoms with Crippen molar-refractivity contribution in [2.24, 2.45) is 0 Å². The van der Waals surface area contributed by atoms with Crippen molar-refractivity contribution in [2.45, 2.75) is 32.6 Å². The summed E-state index contributed by atoms with van der Waals surface area (Å²) in [5.41, 5.74) is 1.88. The number of rotatable bonds is 8. The zero-order valence-corrected chi connectivity index (χ0v) is 12.8. The number of ether oxygens (including phenoxy) is 1. The Labute approximate surface area is 130 Å². The lowest BCUT2D eigenvalue weighted by Crippen LogP contribution is -1.98. The Balaban J connectivity index is 1.92. The van der Waals surface area contributed by atoms with Crippen LogP contribution in [-0.2, 0) is 0 Å². The summed E-state index contributed by atoms with van der Waals surface area (Å²) in [6.07, 6.45) is 6.13. The maximum absolute atomic E-state index is 10.8. The van der Waals surface area contributed by atoms with Crippen LogP contribution in [0.2, 0.25) is 0 Å². The molecule has 1 heterocycles. The van der Waals surface area contributed by atoms with Gasteiger partial charge in [0.1, 0.15) is 5.75 Å². The number of hydrogen-bond donors (Lipinski definition) is 1. The first-order chi connectivity index (χ1) is 10.7. The summed E-state index contributed by atoms with van der Waals surface area (Å²) in [7, 11) is 0. The summed E-state index contributed by atoms with van der Waals surface area (Å²) in [5, 5.41) is 8.86. The number of aromatic nitrogens is 1. The number of unbranched alkanes of at least 4 members (excludes halogenated alkanes) is 3. The van der Waals surface area contributed by atoms with Gasteiger partial charge in [-0.1, -0.05) is 26.2 Å². The molecule has 22 heavy (non-hydrogen) atoms. The molecular weight excluding hydrogens is 278 g/mol. The van der Waals surface area contributed by atoms with Crippen LogP contribution in [0.15, 0.2) is 42.6 Å². The first-order valence-corrected chi connectivity index (χ1v) is 7.63. The normalized spacial score (nSPS) is 10.4. The third-order valence-corrected chi connectivity index (χ3v) is 3.43. The quantitative estimate of drug-likeness (QED) is 0.734. The summed E-state index contributed by atoms with van der Waals surface area (Å²) in [6.45, 7) is 2.93. The lowest BCUT2D eigenvalue weighted by atomic mass is 10.1. The molecule has 2 rings (SSSR count). The number of hydrogen-bond acceptors (Lipinski definition) is 3. The average molecular weight is 299 g/mol. The second-order valence-electron chi connectivity index (χ2n) is 5.17. The predicted molar refractivity (Wildman–Crippen MR) is 86.3 cm³/mol. The van der Waals surface area contributed by atoms with Crippen molar-refractivity contribution < 1.29 is 14.6 Å². The first kappa shape index (κ1) is 16.0. The van der Waals surface area contributed by atoms with Crippen molar-refractivity contribution in [3.05, 3.63) is 48.2 Å². The molecule has 0 aliphatic rings.